The molecule has 3 amide bonds. The highest BCUT2D eigenvalue weighted by Crippen LogP contribution is 2.38. The Kier molecular flexibility index (Phi) is 5.89. The van der Waals surface area contributed by atoms with E-state index in [2.05, 4.69) is 5.32 Å². The van der Waals surface area contributed by atoms with E-state index >= 15 is 0 Å². The van der Waals surface area contributed by atoms with Crippen molar-refractivity contribution < 1.29 is 24.2 Å². The third-order valence-electron chi connectivity index (χ3n) is 4.12. The minimum Gasteiger partial charge on any atom is -0.506 e. The number of ether oxygens (including phenoxy) is 1. The Balaban J connectivity index is 1.73. The SMILES string of the molecule is CCOc1ccccc1N1C(=O)SC(CC(=O)Nc2cc(C)ccc2O)C1=O. The molecule has 1 unspecified atom stereocenters. The van der Waals surface area contributed by atoms with Gasteiger partial charge >= 0.3 is 0 Å². The number of amides is 3. The van der Waals surface area contributed by atoms with Crippen molar-refractivity contribution in [3.63, 3.8) is 0 Å². The Bertz CT molecular complexity index is 931. The van der Waals surface area contributed by atoms with E-state index in [9.17, 15) is 19.5 Å². The molecule has 1 aliphatic heterocycles. The van der Waals surface area contributed by atoms with Crippen LogP contribution in [0.4, 0.5) is 16.2 Å². The molecule has 2 aromatic carbocycles. The van der Waals surface area contributed by atoms with Crippen LogP contribution in [-0.2, 0) is 9.59 Å². The number of rotatable bonds is 6. The maximum absolute atomic E-state index is 12.8. The number of carbonyl (C=O) groups is 3. The van der Waals surface area contributed by atoms with Gasteiger partial charge in [-0.15, -0.1) is 0 Å². The van der Waals surface area contributed by atoms with Crippen LogP contribution in [0.3, 0.4) is 0 Å². The van der Waals surface area contributed by atoms with Crippen molar-refractivity contribution in [1.29, 1.82) is 0 Å². The highest BCUT2D eigenvalue weighted by Gasteiger charge is 2.42. The first kappa shape index (κ1) is 19.8. The smallest absolute Gasteiger partial charge is 0.293 e. The number of nitrogens with zero attached hydrogens (tertiary/aromatic N) is 1. The third kappa shape index (κ3) is 4.12. The first-order valence-electron chi connectivity index (χ1n) is 8.76. The van der Waals surface area contributed by atoms with E-state index in [1.807, 2.05) is 13.8 Å². The van der Waals surface area contributed by atoms with Gasteiger partial charge < -0.3 is 15.2 Å². The monoisotopic (exact) mass is 400 g/mol. The number of nitrogens with one attached hydrogen (secondary N) is 1. The van der Waals surface area contributed by atoms with E-state index in [1.165, 1.54) is 6.07 Å². The Morgan fingerprint density at radius 3 is 2.75 bits per heavy atom. The molecule has 2 aromatic rings. The van der Waals surface area contributed by atoms with Crippen molar-refractivity contribution >= 4 is 40.2 Å². The fraction of sp³-hybridized carbons (Fsp3) is 0.250. The summed E-state index contributed by atoms with van der Waals surface area (Å²) in [7, 11) is 0. The number of hydrogen-bond acceptors (Lipinski definition) is 6. The van der Waals surface area contributed by atoms with E-state index in [-0.39, 0.29) is 17.9 Å². The molecular weight excluding hydrogens is 380 g/mol. The Morgan fingerprint density at radius 2 is 2.00 bits per heavy atom. The van der Waals surface area contributed by atoms with E-state index in [1.54, 1.807) is 36.4 Å². The fourth-order valence-corrected chi connectivity index (χ4v) is 3.82. The lowest BCUT2D eigenvalue weighted by Crippen LogP contribution is -2.33. The van der Waals surface area contributed by atoms with E-state index in [0.717, 1.165) is 22.2 Å². The molecule has 0 aliphatic carbocycles. The van der Waals surface area contributed by atoms with Crippen LogP contribution in [0.25, 0.3) is 0 Å². The molecule has 8 heteroatoms. The van der Waals surface area contributed by atoms with Gasteiger partial charge in [-0.25, -0.2) is 4.90 Å². The molecule has 7 nitrogen and oxygen atoms in total. The van der Waals surface area contributed by atoms with Crippen molar-refractivity contribution in [3.8, 4) is 11.5 Å². The van der Waals surface area contributed by atoms with Gasteiger partial charge in [0.2, 0.25) is 11.8 Å². The quantitative estimate of drug-likeness (QED) is 0.718. The van der Waals surface area contributed by atoms with E-state index < -0.39 is 22.3 Å². The summed E-state index contributed by atoms with van der Waals surface area (Å²) in [5, 5.41) is 11.1. The predicted octanol–water partition coefficient (Wildman–Crippen LogP) is 3.70. The second-order valence-corrected chi connectivity index (χ2v) is 7.37. The second-order valence-electron chi connectivity index (χ2n) is 6.22. The molecule has 1 saturated heterocycles. The van der Waals surface area contributed by atoms with Gasteiger partial charge in [0, 0.05) is 6.42 Å². The number of para-hydroxylation sites is 2. The molecule has 0 bridgehead atoms. The summed E-state index contributed by atoms with van der Waals surface area (Å²) in [5.74, 6) is -0.556. The summed E-state index contributed by atoms with van der Waals surface area (Å²) in [6.45, 7) is 4.04. The summed E-state index contributed by atoms with van der Waals surface area (Å²) in [5.41, 5.74) is 1.50. The molecule has 0 radical (unpaired) electrons. The first-order valence-corrected chi connectivity index (χ1v) is 9.64. The van der Waals surface area contributed by atoms with Gasteiger partial charge in [0.15, 0.2) is 0 Å². The van der Waals surface area contributed by atoms with Crippen LogP contribution in [0.15, 0.2) is 42.5 Å². The molecule has 1 heterocycles. The van der Waals surface area contributed by atoms with Gasteiger partial charge in [0.25, 0.3) is 5.24 Å². The molecule has 3 rings (SSSR count). The number of aromatic hydroxyl groups is 1. The first-order chi connectivity index (χ1) is 13.4. The summed E-state index contributed by atoms with van der Waals surface area (Å²) < 4.78 is 5.50. The standard InChI is InChI=1S/C20H20N2O5S/c1-3-27-16-7-5-4-6-14(16)22-19(25)17(28-20(22)26)11-18(24)21-13-10-12(2)8-9-15(13)23/h4-10,17,23H,3,11H2,1-2H3,(H,21,24). The number of carbonyl (C=O) groups excluding carboxylic acids is 3. The largest absolute Gasteiger partial charge is 0.506 e. The normalized spacial score (nSPS) is 16.4. The van der Waals surface area contributed by atoms with Crippen LogP contribution in [0, 0.1) is 6.92 Å². The average molecular weight is 400 g/mol. The number of phenolic OH excluding ortho intramolecular Hbond substituents is 1. The van der Waals surface area contributed by atoms with Crippen molar-refractivity contribution in [3.05, 3.63) is 48.0 Å². The van der Waals surface area contributed by atoms with Crippen molar-refractivity contribution in [2.45, 2.75) is 25.5 Å². The van der Waals surface area contributed by atoms with Crippen LogP contribution < -0.4 is 15.0 Å². The van der Waals surface area contributed by atoms with E-state index in [0.29, 0.717) is 18.0 Å². The predicted molar refractivity (Wildman–Crippen MR) is 108 cm³/mol. The number of aryl methyl sites for hydroxylation is 1. The molecule has 1 atom stereocenters. The lowest BCUT2D eigenvalue weighted by molar-refractivity contribution is -0.121. The molecule has 1 aliphatic rings. The molecule has 146 valence electrons. The molecule has 0 aromatic heterocycles. The maximum Gasteiger partial charge on any atom is 0.293 e. The van der Waals surface area contributed by atoms with Crippen LogP contribution in [0.1, 0.15) is 18.9 Å². The molecule has 2 N–H and O–H groups in total. The van der Waals surface area contributed by atoms with Crippen molar-refractivity contribution in [2.24, 2.45) is 0 Å². The van der Waals surface area contributed by atoms with Gasteiger partial charge in [-0.2, -0.15) is 0 Å². The fourth-order valence-electron chi connectivity index (χ4n) is 2.84. The maximum atomic E-state index is 12.8. The lowest BCUT2D eigenvalue weighted by Gasteiger charge is -2.17. The van der Waals surface area contributed by atoms with Gasteiger partial charge in [0.05, 0.1) is 18.0 Å². The Morgan fingerprint density at radius 1 is 1.25 bits per heavy atom. The molecule has 0 saturated carbocycles. The second kappa shape index (κ2) is 8.35. The zero-order valence-electron chi connectivity index (χ0n) is 15.5. The minimum atomic E-state index is -0.839. The average Bonchev–Trinajstić information content (AvgIpc) is 2.92. The summed E-state index contributed by atoms with van der Waals surface area (Å²) in [6.07, 6.45) is -0.185. The van der Waals surface area contributed by atoms with Gasteiger partial charge in [-0.05, 0) is 55.4 Å². The zero-order chi connectivity index (χ0) is 20.3. The number of anilines is 2. The molecule has 1 fully saturated rings. The number of thioether (sulfide) groups is 1. The molecule has 0 spiro atoms. The summed E-state index contributed by atoms with van der Waals surface area (Å²) in [4.78, 5) is 38.6. The Hall–Kier alpha value is -3.00. The molecule has 28 heavy (non-hydrogen) atoms. The third-order valence-corrected chi connectivity index (χ3v) is 5.16. The lowest BCUT2D eigenvalue weighted by atomic mass is 10.2. The van der Waals surface area contributed by atoms with Crippen molar-refractivity contribution in [2.75, 3.05) is 16.8 Å². The van der Waals surface area contributed by atoms with Crippen molar-refractivity contribution in [1.82, 2.24) is 0 Å². The van der Waals surface area contributed by atoms with Crippen LogP contribution in [0.2, 0.25) is 0 Å². The van der Waals surface area contributed by atoms with Crippen LogP contribution >= 0.6 is 11.8 Å². The van der Waals surface area contributed by atoms with Crippen LogP contribution in [-0.4, -0.2) is 34.0 Å². The van der Waals surface area contributed by atoms with Gasteiger partial charge in [-0.1, -0.05) is 18.2 Å². The summed E-state index contributed by atoms with van der Waals surface area (Å²) >= 11 is 0.808. The number of benzene rings is 2. The number of imide groups is 1. The van der Waals surface area contributed by atoms with E-state index in [4.69, 9.17) is 4.74 Å². The molecular formula is C20H20N2O5S. The number of hydrogen-bond donors (Lipinski definition) is 2. The van der Waals surface area contributed by atoms with Gasteiger partial charge in [0.1, 0.15) is 16.7 Å². The Labute approximate surface area is 166 Å². The highest BCUT2D eigenvalue weighted by atomic mass is 32.2. The minimum absolute atomic E-state index is 0.0623. The van der Waals surface area contributed by atoms with Gasteiger partial charge in [-0.3, -0.25) is 14.4 Å². The topological polar surface area (TPSA) is 95.9 Å². The van der Waals surface area contributed by atoms with Crippen LogP contribution in [0.5, 0.6) is 11.5 Å². The number of phenols is 1. The summed E-state index contributed by atoms with van der Waals surface area (Å²) in [6, 6.07) is 11.6. The zero-order valence-corrected chi connectivity index (χ0v) is 16.3. The highest BCUT2D eigenvalue weighted by molar-refractivity contribution is 8.15.